The van der Waals surface area contributed by atoms with Crippen LogP contribution in [0.5, 0.6) is 0 Å². The van der Waals surface area contributed by atoms with Crippen LogP contribution in [-0.2, 0) is 5.41 Å². The molecule has 0 bridgehead atoms. The third-order valence-corrected chi connectivity index (χ3v) is 12.0. The lowest BCUT2D eigenvalue weighted by Crippen LogP contribution is -2.22. The molecule has 1 atom stereocenters. The molecular weight excluding hydrogens is 705 g/mol. The Morgan fingerprint density at radius 1 is 0.483 bits per heavy atom. The van der Waals surface area contributed by atoms with Crippen molar-refractivity contribution in [2.24, 2.45) is 0 Å². The van der Waals surface area contributed by atoms with Crippen molar-refractivity contribution in [1.82, 2.24) is 19.5 Å². The minimum absolute atomic E-state index is 0.289. The van der Waals surface area contributed by atoms with Crippen LogP contribution in [0.1, 0.15) is 35.9 Å². The Morgan fingerprint density at radius 2 is 1.07 bits per heavy atom. The smallest absolute Gasteiger partial charge is 0.164 e. The van der Waals surface area contributed by atoms with Crippen molar-refractivity contribution < 1.29 is 0 Å². The normalized spacial score (nSPS) is 15.8. The third kappa shape index (κ3) is 5.41. The van der Waals surface area contributed by atoms with Crippen molar-refractivity contribution in [2.75, 3.05) is 0 Å². The van der Waals surface area contributed by atoms with Gasteiger partial charge in [0.25, 0.3) is 0 Å². The zero-order chi connectivity index (χ0) is 38.6. The molecule has 0 spiro atoms. The first kappa shape index (κ1) is 33.9. The lowest BCUT2D eigenvalue weighted by Gasteiger charge is -2.28. The van der Waals surface area contributed by atoms with Crippen LogP contribution < -0.4 is 0 Å². The first-order valence-corrected chi connectivity index (χ1v) is 19.9. The molecule has 11 rings (SSSR count). The first-order valence-electron chi connectivity index (χ1n) is 19.9. The van der Waals surface area contributed by atoms with Crippen molar-refractivity contribution in [3.63, 3.8) is 0 Å². The summed E-state index contributed by atoms with van der Waals surface area (Å²) in [7, 11) is 0. The summed E-state index contributed by atoms with van der Waals surface area (Å²) in [5.41, 5.74) is 15.1. The van der Waals surface area contributed by atoms with Crippen LogP contribution in [0.2, 0.25) is 0 Å². The summed E-state index contributed by atoms with van der Waals surface area (Å²) in [4.78, 5) is 15.2. The molecule has 2 heterocycles. The highest BCUT2D eigenvalue weighted by molar-refractivity contribution is 6.16. The van der Waals surface area contributed by atoms with Crippen LogP contribution in [0.4, 0.5) is 0 Å². The van der Waals surface area contributed by atoms with Crippen LogP contribution >= 0.6 is 0 Å². The van der Waals surface area contributed by atoms with Crippen LogP contribution in [0, 0.1) is 0 Å². The minimum atomic E-state index is -0.289. The predicted molar refractivity (Wildman–Crippen MR) is 239 cm³/mol. The number of allylic oxidation sites excluding steroid dienone is 6. The number of rotatable bonds is 6. The van der Waals surface area contributed by atoms with E-state index in [0.717, 1.165) is 28.7 Å². The molecule has 9 aromatic rings. The number of para-hydroxylation sites is 1. The van der Waals surface area contributed by atoms with E-state index in [9.17, 15) is 0 Å². The van der Waals surface area contributed by atoms with Crippen LogP contribution in [0.3, 0.4) is 0 Å². The average molecular weight is 743 g/mol. The van der Waals surface area contributed by atoms with Gasteiger partial charge in [0, 0.05) is 50.6 Å². The van der Waals surface area contributed by atoms with E-state index in [1.165, 1.54) is 60.9 Å². The summed E-state index contributed by atoms with van der Waals surface area (Å²) >= 11 is 0. The summed E-state index contributed by atoms with van der Waals surface area (Å²) in [5, 5.41) is 2.50. The molecule has 7 aromatic carbocycles. The Balaban J connectivity index is 1.08. The summed E-state index contributed by atoms with van der Waals surface area (Å²) in [5.74, 6) is 1.93. The highest BCUT2D eigenvalue weighted by Gasteiger charge is 2.42. The fourth-order valence-corrected chi connectivity index (χ4v) is 9.13. The average Bonchev–Trinajstić information content (AvgIpc) is 3.63. The van der Waals surface area contributed by atoms with Crippen LogP contribution in [0.15, 0.2) is 200 Å². The second kappa shape index (κ2) is 13.6. The fraction of sp³-hybridized carbons (Fsp3) is 0.0556. The molecule has 58 heavy (non-hydrogen) atoms. The van der Waals surface area contributed by atoms with Gasteiger partial charge in [-0.2, -0.15) is 0 Å². The van der Waals surface area contributed by atoms with Gasteiger partial charge in [-0.15, -0.1) is 0 Å². The monoisotopic (exact) mass is 742 g/mol. The molecule has 0 N–H and O–H groups in total. The van der Waals surface area contributed by atoms with E-state index in [0.29, 0.717) is 17.5 Å². The summed E-state index contributed by atoms with van der Waals surface area (Å²) in [6.45, 7) is 2.39. The lowest BCUT2D eigenvalue weighted by molar-refractivity contribution is 0.714. The molecule has 2 aromatic heterocycles. The van der Waals surface area contributed by atoms with E-state index in [4.69, 9.17) is 15.0 Å². The number of nitrogens with zero attached hydrogens (tertiary/aromatic N) is 4. The SMILES string of the molecule is CC1(c2ccccc2)c2ccccc2-c2c1ccc1c3ccccc3n(C3=CC=C(c4nc(-c5ccccc5)nc(-c5ccc(-c6ccccc6)cc5)n4)C=CC3)c21. The molecule has 0 fully saturated rings. The van der Waals surface area contributed by atoms with Gasteiger partial charge in [0.1, 0.15) is 0 Å². The maximum atomic E-state index is 5.12. The lowest BCUT2D eigenvalue weighted by atomic mass is 9.74. The standard InChI is InChI=1S/C54H38N4/c1-54(41-21-9-4-10-22-41)46-26-13-11-25-45(46)49-47(54)35-34-44-43-24-12-14-27-48(43)58(50(44)49)42-23-15-20-39(32-33-42)52-55-51(38-18-7-3-8-19-38)56-53(57-52)40-30-28-37(29-31-40)36-16-5-2-6-17-36/h2-22,24-35H,23H2,1H3. The number of fused-ring (bicyclic) bond motifs is 7. The second-order valence-electron chi connectivity index (χ2n) is 15.3. The Hall–Kier alpha value is -7.43. The molecule has 2 aliphatic carbocycles. The predicted octanol–water partition coefficient (Wildman–Crippen LogP) is 13.2. The Morgan fingerprint density at radius 3 is 1.83 bits per heavy atom. The number of hydrogen-bond donors (Lipinski definition) is 0. The Kier molecular flexibility index (Phi) is 7.97. The molecule has 0 saturated heterocycles. The topological polar surface area (TPSA) is 43.6 Å². The summed E-state index contributed by atoms with van der Waals surface area (Å²) in [6.07, 6.45) is 9.58. The highest BCUT2D eigenvalue weighted by atomic mass is 15.0. The van der Waals surface area contributed by atoms with Gasteiger partial charge in [0.2, 0.25) is 0 Å². The van der Waals surface area contributed by atoms with Gasteiger partial charge in [-0.1, -0.05) is 182 Å². The quantitative estimate of drug-likeness (QED) is 0.170. The molecule has 274 valence electrons. The zero-order valence-electron chi connectivity index (χ0n) is 32.0. The molecule has 0 amide bonds. The van der Waals surface area contributed by atoms with Gasteiger partial charge in [0.15, 0.2) is 17.5 Å². The Labute approximate surface area is 337 Å². The molecule has 2 aliphatic rings. The fourth-order valence-electron chi connectivity index (χ4n) is 9.13. The van der Waals surface area contributed by atoms with Crippen LogP contribution in [0.25, 0.3) is 78.1 Å². The van der Waals surface area contributed by atoms with E-state index in [2.05, 4.69) is 187 Å². The number of benzene rings is 7. The largest absolute Gasteiger partial charge is 0.312 e. The molecule has 1 unspecified atom stereocenters. The van der Waals surface area contributed by atoms with Crippen LogP contribution in [-0.4, -0.2) is 19.5 Å². The molecule has 0 aliphatic heterocycles. The molecule has 0 radical (unpaired) electrons. The van der Waals surface area contributed by atoms with Gasteiger partial charge >= 0.3 is 0 Å². The minimum Gasteiger partial charge on any atom is -0.312 e. The molecule has 4 nitrogen and oxygen atoms in total. The molecule has 0 saturated carbocycles. The summed E-state index contributed by atoms with van der Waals surface area (Å²) in [6, 6.07) is 62.6. The van der Waals surface area contributed by atoms with Crippen molar-refractivity contribution in [3.05, 3.63) is 223 Å². The molecule has 4 heteroatoms. The van der Waals surface area contributed by atoms with Gasteiger partial charge in [-0.3, -0.25) is 0 Å². The van der Waals surface area contributed by atoms with E-state index >= 15 is 0 Å². The number of aromatic nitrogens is 4. The van der Waals surface area contributed by atoms with Crippen molar-refractivity contribution >= 4 is 33.1 Å². The molecular formula is C54H38N4. The van der Waals surface area contributed by atoms with Crippen molar-refractivity contribution in [1.29, 1.82) is 0 Å². The maximum absolute atomic E-state index is 5.12. The van der Waals surface area contributed by atoms with E-state index in [1.54, 1.807) is 0 Å². The van der Waals surface area contributed by atoms with Gasteiger partial charge < -0.3 is 4.57 Å². The van der Waals surface area contributed by atoms with E-state index in [1.807, 2.05) is 24.3 Å². The van der Waals surface area contributed by atoms with Crippen molar-refractivity contribution in [3.8, 4) is 45.0 Å². The van der Waals surface area contributed by atoms with Gasteiger partial charge in [-0.25, -0.2) is 15.0 Å². The van der Waals surface area contributed by atoms with Gasteiger partial charge in [0.05, 0.1) is 11.0 Å². The Bertz CT molecular complexity index is 3120. The van der Waals surface area contributed by atoms with Crippen molar-refractivity contribution in [2.45, 2.75) is 18.8 Å². The number of hydrogen-bond acceptors (Lipinski definition) is 3. The zero-order valence-corrected chi connectivity index (χ0v) is 32.0. The third-order valence-electron chi connectivity index (χ3n) is 12.0. The van der Waals surface area contributed by atoms with E-state index in [-0.39, 0.29) is 5.41 Å². The first-order chi connectivity index (χ1) is 28.6. The highest BCUT2D eigenvalue weighted by Crippen LogP contribution is 2.55. The van der Waals surface area contributed by atoms with Gasteiger partial charge in [-0.05, 0) is 58.5 Å². The second-order valence-corrected chi connectivity index (χ2v) is 15.3. The van der Waals surface area contributed by atoms with E-state index < -0.39 is 0 Å². The summed E-state index contributed by atoms with van der Waals surface area (Å²) < 4.78 is 2.50. The maximum Gasteiger partial charge on any atom is 0.164 e.